The van der Waals surface area contributed by atoms with Crippen molar-refractivity contribution in [2.75, 3.05) is 6.61 Å². The maximum Gasteiger partial charge on any atom is 0.341 e. The number of hydrogen-bond donors (Lipinski definition) is 1. The predicted molar refractivity (Wildman–Crippen MR) is 59.6 cm³/mol. The molecule has 0 atom stereocenters. The number of halogens is 4. The fourth-order valence-electron chi connectivity index (χ4n) is 0.796. The zero-order valence-electron chi connectivity index (χ0n) is 7.06. The Morgan fingerprint density at radius 3 is 2.33 bits per heavy atom. The monoisotopic (exact) mass is 288 g/mol. The highest BCUT2D eigenvalue weighted by Gasteiger charge is 2.14. The number of carboxylic acids is 1. The van der Waals surface area contributed by atoms with Crippen LogP contribution in [0.5, 0.6) is 5.75 Å². The van der Waals surface area contributed by atoms with Crippen LogP contribution >= 0.6 is 46.4 Å². The molecule has 0 aliphatic rings. The summed E-state index contributed by atoms with van der Waals surface area (Å²) in [6.45, 7) is -0.534. The van der Waals surface area contributed by atoms with Gasteiger partial charge in [0.05, 0.1) is 15.1 Å². The Morgan fingerprint density at radius 1 is 1.20 bits per heavy atom. The molecule has 0 saturated heterocycles. The lowest BCUT2D eigenvalue weighted by Gasteiger charge is -2.09. The molecule has 0 fully saturated rings. The Kier molecular flexibility index (Phi) is 4.34. The highest BCUT2D eigenvalue weighted by molar-refractivity contribution is 6.52. The summed E-state index contributed by atoms with van der Waals surface area (Å²) >= 11 is 22.9. The zero-order valence-corrected chi connectivity index (χ0v) is 10.1. The van der Waals surface area contributed by atoms with Gasteiger partial charge in [-0.25, -0.2) is 4.79 Å². The van der Waals surface area contributed by atoms with E-state index in [1.807, 2.05) is 0 Å². The molecular formula is C8H4Cl4O3. The Bertz CT molecular complexity index is 405. The van der Waals surface area contributed by atoms with Crippen molar-refractivity contribution in [3.8, 4) is 5.75 Å². The predicted octanol–water partition coefficient (Wildman–Crippen LogP) is 3.76. The second-order valence-corrected chi connectivity index (χ2v) is 4.02. The van der Waals surface area contributed by atoms with Crippen LogP contribution in [0.15, 0.2) is 6.07 Å². The van der Waals surface area contributed by atoms with E-state index >= 15 is 0 Å². The number of ether oxygens (including phenoxy) is 1. The molecule has 0 aliphatic heterocycles. The third-order valence-corrected chi connectivity index (χ3v) is 3.15. The second-order valence-electron chi connectivity index (χ2n) is 2.48. The third kappa shape index (κ3) is 3.05. The lowest BCUT2D eigenvalue weighted by molar-refractivity contribution is -0.139. The molecule has 0 aliphatic carbocycles. The summed E-state index contributed by atoms with van der Waals surface area (Å²) in [5.41, 5.74) is 0. The molecule has 0 amide bonds. The van der Waals surface area contributed by atoms with Gasteiger partial charge in [0.2, 0.25) is 0 Å². The minimum atomic E-state index is -1.13. The van der Waals surface area contributed by atoms with Crippen molar-refractivity contribution in [2.45, 2.75) is 0 Å². The number of carbonyl (C=O) groups is 1. The van der Waals surface area contributed by atoms with Gasteiger partial charge in [-0.3, -0.25) is 0 Å². The first kappa shape index (κ1) is 12.7. The van der Waals surface area contributed by atoms with Crippen LogP contribution in [0.3, 0.4) is 0 Å². The quantitative estimate of drug-likeness (QED) is 0.681. The number of carboxylic acid groups (broad SMARTS) is 1. The molecule has 3 nitrogen and oxygen atoms in total. The van der Waals surface area contributed by atoms with E-state index in [0.29, 0.717) is 0 Å². The average Bonchev–Trinajstić information content (AvgIpc) is 2.18. The molecule has 7 heteroatoms. The van der Waals surface area contributed by atoms with Crippen LogP contribution in [0.1, 0.15) is 0 Å². The molecule has 1 rings (SSSR count). The van der Waals surface area contributed by atoms with E-state index in [2.05, 4.69) is 0 Å². The van der Waals surface area contributed by atoms with Crippen molar-refractivity contribution >= 4 is 52.4 Å². The molecule has 1 aromatic rings. The van der Waals surface area contributed by atoms with E-state index in [1.165, 1.54) is 6.07 Å². The van der Waals surface area contributed by atoms with Gasteiger partial charge in [-0.15, -0.1) is 0 Å². The molecule has 0 spiro atoms. The molecule has 0 saturated carbocycles. The Hall–Kier alpha value is -0.350. The molecule has 1 N–H and O–H groups in total. The lowest BCUT2D eigenvalue weighted by atomic mass is 10.3. The zero-order chi connectivity index (χ0) is 11.6. The molecule has 0 aromatic heterocycles. The van der Waals surface area contributed by atoms with Gasteiger partial charge in [0.15, 0.2) is 6.61 Å². The first-order chi connectivity index (χ1) is 6.93. The summed E-state index contributed by atoms with van der Waals surface area (Å²) in [7, 11) is 0. The summed E-state index contributed by atoms with van der Waals surface area (Å²) < 4.78 is 4.86. The number of benzene rings is 1. The maximum atomic E-state index is 10.3. The van der Waals surface area contributed by atoms with Crippen LogP contribution in [0, 0.1) is 0 Å². The van der Waals surface area contributed by atoms with E-state index in [0.717, 1.165) is 0 Å². The van der Waals surface area contributed by atoms with Crippen LogP contribution in [0.4, 0.5) is 0 Å². The van der Waals surface area contributed by atoms with E-state index in [9.17, 15) is 4.79 Å². The molecular weight excluding hydrogens is 286 g/mol. The van der Waals surface area contributed by atoms with Gasteiger partial charge >= 0.3 is 5.97 Å². The van der Waals surface area contributed by atoms with Crippen LogP contribution < -0.4 is 4.74 Å². The Labute approximate surface area is 105 Å². The van der Waals surface area contributed by atoms with Crippen molar-refractivity contribution in [3.63, 3.8) is 0 Å². The van der Waals surface area contributed by atoms with Crippen molar-refractivity contribution in [2.24, 2.45) is 0 Å². The van der Waals surface area contributed by atoms with Gasteiger partial charge in [-0.2, -0.15) is 0 Å². The second kappa shape index (κ2) is 5.12. The Balaban J connectivity index is 3.04. The summed E-state index contributed by atoms with van der Waals surface area (Å²) in [4.78, 5) is 10.3. The normalized spacial score (nSPS) is 10.1. The molecule has 0 radical (unpaired) electrons. The van der Waals surface area contributed by atoms with Crippen molar-refractivity contribution < 1.29 is 14.6 Å². The fourth-order valence-corrected chi connectivity index (χ4v) is 1.63. The van der Waals surface area contributed by atoms with Gasteiger partial charge in [-0.1, -0.05) is 46.4 Å². The third-order valence-electron chi connectivity index (χ3n) is 1.42. The van der Waals surface area contributed by atoms with Crippen molar-refractivity contribution in [3.05, 3.63) is 26.2 Å². The number of aliphatic carboxylic acids is 1. The average molecular weight is 290 g/mol. The van der Waals surface area contributed by atoms with Crippen molar-refractivity contribution in [1.82, 2.24) is 0 Å². The minimum absolute atomic E-state index is 0.0335. The van der Waals surface area contributed by atoms with Crippen LogP contribution in [-0.4, -0.2) is 17.7 Å². The number of hydrogen-bond acceptors (Lipinski definition) is 2. The highest BCUT2D eigenvalue weighted by Crippen LogP contribution is 2.41. The van der Waals surface area contributed by atoms with Crippen LogP contribution in [-0.2, 0) is 4.79 Å². The van der Waals surface area contributed by atoms with E-state index in [4.69, 9.17) is 56.2 Å². The maximum absolute atomic E-state index is 10.3. The Morgan fingerprint density at radius 2 is 1.80 bits per heavy atom. The molecule has 0 unspecified atom stereocenters. The topological polar surface area (TPSA) is 46.5 Å². The van der Waals surface area contributed by atoms with E-state index in [1.54, 1.807) is 0 Å². The summed E-state index contributed by atoms with van der Waals surface area (Å²) in [5, 5.41) is 8.71. The van der Waals surface area contributed by atoms with Gasteiger partial charge < -0.3 is 9.84 Å². The molecule has 1 aromatic carbocycles. The number of rotatable bonds is 3. The minimum Gasteiger partial charge on any atom is -0.480 e. The smallest absolute Gasteiger partial charge is 0.341 e. The highest BCUT2D eigenvalue weighted by atomic mass is 35.5. The van der Waals surface area contributed by atoms with Gasteiger partial charge in [0, 0.05) is 6.07 Å². The summed E-state index contributed by atoms with van der Waals surface area (Å²) in [6.07, 6.45) is 0. The van der Waals surface area contributed by atoms with E-state index in [-0.39, 0.29) is 25.8 Å². The molecule has 0 bridgehead atoms. The molecule has 15 heavy (non-hydrogen) atoms. The summed E-state index contributed by atoms with van der Waals surface area (Å²) in [5.74, 6) is -1.05. The lowest BCUT2D eigenvalue weighted by Crippen LogP contribution is -2.09. The van der Waals surface area contributed by atoms with Crippen LogP contribution in [0.25, 0.3) is 0 Å². The van der Waals surface area contributed by atoms with Crippen LogP contribution in [0.2, 0.25) is 20.1 Å². The van der Waals surface area contributed by atoms with Gasteiger partial charge in [0.25, 0.3) is 0 Å². The van der Waals surface area contributed by atoms with E-state index < -0.39 is 12.6 Å². The van der Waals surface area contributed by atoms with Crippen molar-refractivity contribution in [1.29, 1.82) is 0 Å². The molecule has 82 valence electrons. The van der Waals surface area contributed by atoms with Gasteiger partial charge in [-0.05, 0) is 0 Å². The summed E-state index contributed by atoms with van der Waals surface area (Å²) in [6, 6.07) is 1.31. The SMILES string of the molecule is O=C(O)COc1cc(Cl)c(Cl)c(Cl)c1Cl. The largest absolute Gasteiger partial charge is 0.480 e. The fraction of sp³-hybridized carbons (Fsp3) is 0.125. The van der Waals surface area contributed by atoms with Gasteiger partial charge in [0.1, 0.15) is 10.8 Å². The first-order valence-corrected chi connectivity index (χ1v) is 5.12. The standard InChI is InChI=1S/C8H4Cl4O3/c9-3-1-4(15-2-5(13)14)7(11)8(12)6(3)10/h1H,2H2,(H,13,14). The molecule has 0 heterocycles. The first-order valence-electron chi connectivity index (χ1n) is 3.61.